The molecule has 2 aromatic rings. The summed E-state index contributed by atoms with van der Waals surface area (Å²) in [5.41, 5.74) is 3.08. The molecule has 19 heavy (non-hydrogen) atoms. The van der Waals surface area contributed by atoms with Crippen molar-refractivity contribution in [2.24, 2.45) is 0 Å². The number of likely N-dealkylation sites (N-methyl/N-ethyl adjacent to an activating group) is 1. The normalized spacial score (nSPS) is 13.1. The molecule has 5 nitrogen and oxygen atoms in total. The summed E-state index contributed by atoms with van der Waals surface area (Å²) in [6.07, 6.45) is 1.34. The Morgan fingerprint density at radius 3 is 2.84 bits per heavy atom. The van der Waals surface area contributed by atoms with Crippen LogP contribution in [0, 0.1) is 6.92 Å². The third-order valence-electron chi connectivity index (χ3n) is 3.28. The quantitative estimate of drug-likeness (QED) is 0.861. The molecule has 0 amide bonds. The van der Waals surface area contributed by atoms with Crippen LogP contribution >= 0.6 is 0 Å². The van der Waals surface area contributed by atoms with Crippen molar-refractivity contribution < 1.29 is 9.90 Å². The lowest BCUT2D eigenvalue weighted by atomic mass is 10.0. The highest BCUT2D eigenvalue weighted by atomic mass is 16.4. The molecule has 0 aliphatic carbocycles. The Hall–Kier alpha value is -1.88. The monoisotopic (exact) mass is 261 g/mol. The number of fused-ring (bicyclic) bond motifs is 1. The number of nitrogens with zero attached hydrogens (tertiary/aromatic N) is 2. The van der Waals surface area contributed by atoms with Crippen LogP contribution in [-0.2, 0) is 11.2 Å². The Labute approximate surface area is 112 Å². The summed E-state index contributed by atoms with van der Waals surface area (Å²) in [7, 11) is 3.58. The van der Waals surface area contributed by atoms with Crippen LogP contribution < -0.4 is 0 Å². The largest absolute Gasteiger partial charge is 0.480 e. The van der Waals surface area contributed by atoms with E-state index in [-0.39, 0.29) is 0 Å². The summed E-state index contributed by atoms with van der Waals surface area (Å²) in [5.74, 6) is 0.118. The molecule has 0 spiro atoms. The number of imidazole rings is 1. The molecule has 0 radical (unpaired) electrons. The van der Waals surface area contributed by atoms with Gasteiger partial charge >= 0.3 is 5.97 Å². The Balaban J connectivity index is 2.10. The summed E-state index contributed by atoms with van der Waals surface area (Å²) in [6, 6.07) is 5.58. The van der Waals surface area contributed by atoms with Crippen molar-refractivity contribution in [3.63, 3.8) is 0 Å². The molecule has 0 aliphatic rings. The lowest BCUT2D eigenvalue weighted by Crippen LogP contribution is -2.35. The number of carboxylic acids is 1. The topological polar surface area (TPSA) is 69.2 Å². The van der Waals surface area contributed by atoms with E-state index in [0.717, 1.165) is 28.8 Å². The molecule has 0 fully saturated rings. The SMILES string of the molecule is Cc1nc2ccc(CCC(C(=O)O)N(C)C)cc2[nH]1. The summed E-state index contributed by atoms with van der Waals surface area (Å²) in [5, 5.41) is 9.14. The van der Waals surface area contributed by atoms with Gasteiger partial charge in [-0.15, -0.1) is 0 Å². The summed E-state index contributed by atoms with van der Waals surface area (Å²) >= 11 is 0. The molecule has 0 saturated carbocycles. The smallest absolute Gasteiger partial charge is 0.320 e. The second-order valence-corrected chi connectivity index (χ2v) is 5.03. The number of aryl methyl sites for hydroxylation is 2. The number of H-pyrrole nitrogens is 1. The van der Waals surface area contributed by atoms with Gasteiger partial charge in [0.15, 0.2) is 0 Å². The molecule has 5 heteroatoms. The fourth-order valence-electron chi connectivity index (χ4n) is 2.25. The molecule has 102 valence electrons. The van der Waals surface area contributed by atoms with E-state index in [0.29, 0.717) is 6.42 Å². The van der Waals surface area contributed by atoms with Crippen LogP contribution in [0.2, 0.25) is 0 Å². The Bertz CT molecular complexity index is 589. The van der Waals surface area contributed by atoms with Crippen LogP contribution in [0.4, 0.5) is 0 Å². The molecule has 2 N–H and O–H groups in total. The lowest BCUT2D eigenvalue weighted by molar-refractivity contribution is -0.142. The molecule has 1 aromatic heterocycles. The number of hydrogen-bond acceptors (Lipinski definition) is 3. The van der Waals surface area contributed by atoms with Crippen LogP contribution in [0.5, 0.6) is 0 Å². The average molecular weight is 261 g/mol. The van der Waals surface area contributed by atoms with E-state index in [2.05, 4.69) is 9.97 Å². The van der Waals surface area contributed by atoms with Crippen molar-refractivity contribution in [3.05, 3.63) is 29.6 Å². The molecular formula is C14H19N3O2. The number of benzene rings is 1. The minimum atomic E-state index is -0.775. The number of nitrogens with one attached hydrogen (secondary N) is 1. The van der Waals surface area contributed by atoms with Gasteiger partial charge in [0.2, 0.25) is 0 Å². The highest BCUT2D eigenvalue weighted by Gasteiger charge is 2.19. The first kappa shape index (κ1) is 13.5. The minimum absolute atomic E-state index is 0.445. The molecule has 0 bridgehead atoms. The summed E-state index contributed by atoms with van der Waals surface area (Å²) < 4.78 is 0. The van der Waals surface area contributed by atoms with E-state index in [1.54, 1.807) is 19.0 Å². The van der Waals surface area contributed by atoms with Crippen molar-refractivity contribution in [2.75, 3.05) is 14.1 Å². The third kappa shape index (κ3) is 3.12. The van der Waals surface area contributed by atoms with Gasteiger partial charge in [0, 0.05) is 0 Å². The summed E-state index contributed by atoms with van der Waals surface area (Å²) in [4.78, 5) is 20.4. The van der Waals surface area contributed by atoms with Crippen LogP contribution in [0.15, 0.2) is 18.2 Å². The molecule has 1 aromatic carbocycles. The van der Waals surface area contributed by atoms with E-state index in [9.17, 15) is 4.79 Å². The van der Waals surface area contributed by atoms with E-state index >= 15 is 0 Å². The zero-order valence-corrected chi connectivity index (χ0v) is 11.5. The average Bonchev–Trinajstić information content (AvgIpc) is 2.67. The standard InChI is InChI=1S/C14H19N3O2/c1-9-15-11-6-4-10(8-12(11)16-9)5-7-13(14(18)19)17(2)3/h4,6,8,13H,5,7H2,1-3H3,(H,15,16)(H,18,19). The maximum absolute atomic E-state index is 11.1. The number of hydrogen-bond donors (Lipinski definition) is 2. The number of aromatic amines is 1. The van der Waals surface area contributed by atoms with Gasteiger partial charge in [-0.05, 0) is 51.6 Å². The van der Waals surface area contributed by atoms with E-state index in [1.807, 2.05) is 25.1 Å². The van der Waals surface area contributed by atoms with Gasteiger partial charge in [-0.3, -0.25) is 9.69 Å². The lowest BCUT2D eigenvalue weighted by Gasteiger charge is -2.19. The Morgan fingerprint density at radius 2 is 2.21 bits per heavy atom. The van der Waals surface area contributed by atoms with Crippen LogP contribution in [-0.4, -0.2) is 46.1 Å². The maximum atomic E-state index is 11.1. The zero-order chi connectivity index (χ0) is 14.0. The van der Waals surface area contributed by atoms with Gasteiger partial charge in [0.1, 0.15) is 11.9 Å². The van der Waals surface area contributed by atoms with E-state index in [4.69, 9.17) is 5.11 Å². The van der Waals surface area contributed by atoms with E-state index < -0.39 is 12.0 Å². The number of carbonyl (C=O) groups is 1. The van der Waals surface area contributed by atoms with Crippen molar-refractivity contribution in [1.82, 2.24) is 14.9 Å². The number of carboxylic acid groups (broad SMARTS) is 1. The molecule has 0 aliphatic heterocycles. The highest BCUT2D eigenvalue weighted by molar-refractivity contribution is 5.76. The third-order valence-corrected chi connectivity index (χ3v) is 3.28. The maximum Gasteiger partial charge on any atom is 0.320 e. The molecule has 2 rings (SSSR count). The molecule has 1 unspecified atom stereocenters. The van der Waals surface area contributed by atoms with Gasteiger partial charge in [-0.25, -0.2) is 4.98 Å². The Kier molecular flexibility index (Phi) is 3.85. The van der Waals surface area contributed by atoms with Gasteiger partial charge in [0.05, 0.1) is 11.0 Å². The van der Waals surface area contributed by atoms with Gasteiger partial charge < -0.3 is 10.1 Å². The molecule has 1 heterocycles. The molecular weight excluding hydrogens is 242 g/mol. The van der Waals surface area contributed by atoms with Gasteiger partial charge in [-0.1, -0.05) is 6.07 Å². The fourth-order valence-corrected chi connectivity index (χ4v) is 2.25. The van der Waals surface area contributed by atoms with Crippen molar-refractivity contribution in [1.29, 1.82) is 0 Å². The summed E-state index contributed by atoms with van der Waals surface area (Å²) in [6.45, 7) is 1.92. The van der Waals surface area contributed by atoms with Crippen LogP contribution in [0.1, 0.15) is 17.8 Å². The number of aromatic nitrogens is 2. The first-order chi connectivity index (χ1) is 8.97. The minimum Gasteiger partial charge on any atom is -0.480 e. The number of aliphatic carboxylic acids is 1. The molecule has 0 saturated heterocycles. The predicted octanol–water partition coefficient (Wildman–Crippen LogP) is 1.82. The highest BCUT2D eigenvalue weighted by Crippen LogP contribution is 2.16. The second kappa shape index (κ2) is 5.40. The van der Waals surface area contributed by atoms with Crippen LogP contribution in [0.25, 0.3) is 11.0 Å². The first-order valence-corrected chi connectivity index (χ1v) is 6.32. The molecule has 1 atom stereocenters. The van der Waals surface area contributed by atoms with Crippen molar-refractivity contribution in [2.45, 2.75) is 25.8 Å². The predicted molar refractivity (Wildman–Crippen MR) is 74.3 cm³/mol. The fraction of sp³-hybridized carbons (Fsp3) is 0.429. The first-order valence-electron chi connectivity index (χ1n) is 6.32. The second-order valence-electron chi connectivity index (χ2n) is 5.03. The number of rotatable bonds is 5. The van der Waals surface area contributed by atoms with Gasteiger partial charge in [-0.2, -0.15) is 0 Å². The van der Waals surface area contributed by atoms with Crippen molar-refractivity contribution in [3.8, 4) is 0 Å². The van der Waals surface area contributed by atoms with E-state index in [1.165, 1.54) is 0 Å². The van der Waals surface area contributed by atoms with Crippen molar-refractivity contribution >= 4 is 17.0 Å². The Morgan fingerprint density at radius 1 is 1.47 bits per heavy atom. The zero-order valence-electron chi connectivity index (χ0n) is 11.5. The van der Waals surface area contributed by atoms with Gasteiger partial charge in [0.25, 0.3) is 0 Å². The van der Waals surface area contributed by atoms with Crippen LogP contribution in [0.3, 0.4) is 0 Å².